The molecule has 1 aromatic rings. The Labute approximate surface area is 143 Å². The van der Waals surface area contributed by atoms with Gasteiger partial charge < -0.3 is 5.32 Å². The Balaban J connectivity index is 2.35. The molecule has 0 bridgehead atoms. The number of benzene rings is 1. The summed E-state index contributed by atoms with van der Waals surface area (Å²) in [6, 6.07) is 2.91. The number of carbonyl (C=O) groups excluding carboxylic acids is 2. The van der Waals surface area contributed by atoms with Crippen molar-refractivity contribution in [1.82, 2.24) is 0 Å². The lowest BCUT2D eigenvalue weighted by Crippen LogP contribution is -2.42. The van der Waals surface area contributed by atoms with Crippen molar-refractivity contribution in [2.24, 2.45) is 0 Å². The number of alkyl halides is 3. The molecule has 0 spiro atoms. The van der Waals surface area contributed by atoms with E-state index < -0.39 is 23.6 Å². The Hall–Kier alpha value is -2.83. The lowest BCUT2D eigenvalue weighted by Gasteiger charge is -2.30. The Bertz CT molecular complexity index is 777. The number of nitrogens with one attached hydrogen (secondary N) is 1. The fourth-order valence-corrected chi connectivity index (χ4v) is 2.31. The lowest BCUT2D eigenvalue weighted by molar-refractivity contribution is -0.137. The number of rotatable bonds is 3. The maximum absolute atomic E-state index is 12.8. The van der Waals surface area contributed by atoms with E-state index in [0.717, 1.165) is 12.1 Å². The van der Waals surface area contributed by atoms with Crippen LogP contribution in [0.3, 0.4) is 0 Å². The van der Waals surface area contributed by atoms with Gasteiger partial charge >= 0.3 is 6.18 Å². The predicted molar refractivity (Wildman–Crippen MR) is 90.1 cm³/mol. The molecule has 0 saturated carbocycles. The minimum atomic E-state index is -4.53. The van der Waals surface area contributed by atoms with Crippen LogP contribution in [-0.4, -0.2) is 18.4 Å². The van der Waals surface area contributed by atoms with Crippen LogP contribution in [0.5, 0.6) is 0 Å². The van der Waals surface area contributed by atoms with Gasteiger partial charge in [-0.2, -0.15) is 13.2 Å². The summed E-state index contributed by atoms with van der Waals surface area (Å²) in [6.45, 7) is 3.18. The van der Waals surface area contributed by atoms with Crippen molar-refractivity contribution < 1.29 is 22.8 Å². The van der Waals surface area contributed by atoms with Crippen LogP contribution in [0.15, 0.2) is 54.2 Å². The molecule has 0 unspecified atom stereocenters. The van der Waals surface area contributed by atoms with E-state index in [2.05, 4.69) is 5.32 Å². The first-order valence-corrected chi connectivity index (χ1v) is 7.53. The zero-order valence-electron chi connectivity index (χ0n) is 13.7. The van der Waals surface area contributed by atoms with Crippen LogP contribution in [0.1, 0.15) is 19.4 Å². The Morgan fingerprint density at radius 3 is 2.60 bits per heavy atom. The number of allylic oxidation sites excluding steroid dienone is 5. The molecule has 2 amide bonds. The summed E-state index contributed by atoms with van der Waals surface area (Å²) in [6.07, 6.45) is 4.08. The van der Waals surface area contributed by atoms with Crippen molar-refractivity contribution in [3.63, 3.8) is 0 Å². The van der Waals surface area contributed by atoms with Crippen LogP contribution in [0, 0.1) is 0 Å². The first-order chi connectivity index (χ1) is 11.7. The molecule has 2 rings (SSSR count). The third-order valence-corrected chi connectivity index (χ3v) is 3.53. The van der Waals surface area contributed by atoms with Crippen molar-refractivity contribution in [3.05, 3.63) is 59.7 Å². The van der Waals surface area contributed by atoms with E-state index in [1.165, 1.54) is 11.0 Å². The summed E-state index contributed by atoms with van der Waals surface area (Å²) in [5.74, 6) is -0.988. The van der Waals surface area contributed by atoms with Crippen LogP contribution in [0.2, 0.25) is 0 Å². The van der Waals surface area contributed by atoms with Gasteiger partial charge in [-0.3, -0.25) is 14.5 Å². The number of nitrogens with zero attached hydrogens (tertiary/aromatic N) is 1. The maximum atomic E-state index is 12.8. The fraction of sp³-hybridized carbons (Fsp3) is 0.222. The monoisotopic (exact) mass is 350 g/mol. The minimum absolute atomic E-state index is 0.0308. The molecule has 4 nitrogen and oxygen atoms in total. The van der Waals surface area contributed by atoms with Gasteiger partial charge in [-0.15, -0.1) is 0 Å². The molecule has 0 saturated heterocycles. The zero-order chi connectivity index (χ0) is 18.6. The highest BCUT2D eigenvalue weighted by atomic mass is 19.4. The molecular weight excluding hydrogens is 333 g/mol. The third kappa shape index (κ3) is 4.37. The number of fused-ring (bicyclic) bond motifs is 1. The van der Waals surface area contributed by atoms with Crippen LogP contribution in [-0.2, 0) is 15.8 Å². The second kappa shape index (κ2) is 7.38. The SMILES string of the molecule is C\C=C/C=C\C=C(/C)C(=O)N1CC(=O)Nc2cc(C(F)(F)F)ccc21. The molecule has 132 valence electrons. The van der Waals surface area contributed by atoms with E-state index in [9.17, 15) is 22.8 Å². The van der Waals surface area contributed by atoms with Crippen LogP contribution in [0.25, 0.3) is 0 Å². The Kier molecular flexibility index (Phi) is 5.46. The lowest BCUT2D eigenvalue weighted by atomic mass is 10.1. The van der Waals surface area contributed by atoms with Gasteiger partial charge in [-0.25, -0.2) is 0 Å². The quantitative estimate of drug-likeness (QED) is 0.660. The van der Waals surface area contributed by atoms with E-state index in [4.69, 9.17) is 0 Å². The van der Waals surface area contributed by atoms with Gasteiger partial charge in [0.2, 0.25) is 5.91 Å². The number of hydrogen-bond donors (Lipinski definition) is 1. The van der Waals surface area contributed by atoms with Gasteiger partial charge in [-0.05, 0) is 32.0 Å². The molecule has 0 radical (unpaired) electrons. The summed E-state index contributed by atoms with van der Waals surface area (Å²) in [4.78, 5) is 25.5. The summed E-state index contributed by atoms with van der Waals surface area (Å²) in [5, 5.41) is 2.38. The highest BCUT2D eigenvalue weighted by molar-refractivity contribution is 6.14. The van der Waals surface area contributed by atoms with Gasteiger partial charge in [0, 0.05) is 5.57 Å². The van der Waals surface area contributed by atoms with Gasteiger partial charge in [-0.1, -0.05) is 30.4 Å². The highest BCUT2D eigenvalue weighted by Gasteiger charge is 2.34. The van der Waals surface area contributed by atoms with Crippen molar-refractivity contribution in [2.75, 3.05) is 16.8 Å². The minimum Gasteiger partial charge on any atom is -0.323 e. The second-order valence-electron chi connectivity index (χ2n) is 5.43. The second-order valence-corrected chi connectivity index (χ2v) is 5.43. The smallest absolute Gasteiger partial charge is 0.323 e. The van der Waals surface area contributed by atoms with Gasteiger partial charge in [0.25, 0.3) is 5.91 Å². The number of halogens is 3. The van der Waals surface area contributed by atoms with E-state index in [1.54, 1.807) is 31.2 Å². The first-order valence-electron chi connectivity index (χ1n) is 7.53. The van der Waals surface area contributed by atoms with Crippen LogP contribution in [0.4, 0.5) is 24.5 Å². The van der Waals surface area contributed by atoms with E-state index >= 15 is 0 Å². The van der Waals surface area contributed by atoms with Crippen molar-refractivity contribution in [1.29, 1.82) is 0 Å². The predicted octanol–water partition coefficient (Wildman–Crippen LogP) is 4.07. The maximum Gasteiger partial charge on any atom is 0.416 e. The van der Waals surface area contributed by atoms with Crippen molar-refractivity contribution in [3.8, 4) is 0 Å². The molecule has 1 aliphatic rings. The summed E-state index contributed by atoms with van der Waals surface area (Å²) < 4.78 is 38.5. The molecule has 0 aromatic heterocycles. The molecule has 1 aromatic carbocycles. The number of carbonyl (C=O) groups is 2. The van der Waals surface area contributed by atoms with E-state index in [1.807, 2.05) is 13.0 Å². The molecule has 0 fully saturated rings. The Morgan fingerprint density at radius 1 is 1.24 bits per heavy atom. The fourth-order valence-electron chi connectivity index (χ4n) is 2.31. The number of anilines is 2. The number of amides is 2. The third-order valence-electron chi connectivity index (χ3n) is 3.53. The summed E-state index contributed by atoms with van der Waals surface area (Å²) >= 11 is 0. The molecule has 25 heavy (non-hydrogen) atoms. The summed E-state index contributed by atoms with van der Waals surface area (Å²) in [7, 11) is 0. The van der Waals surface area contributed by atoms with Crippen molar-refractivity contribution >= 4 is 23.2 Å². The van der Waals surface area contributed by atoms with Crippen LogP contribution >= 0.6 is 0 Å². The van der Waals surface area contributed by atoms with E-state index in [-0.39, 0.29) is 17.9 Å². The van der Waals surface area contributed by atoms with E-state index in [0.29, 0.717) is 5.57 Å². The average molecular weight is 350 g/mol. The molecule has 1 heterocycles. The summed E-state index contributed by atoms with van der Waals surface area (Å²) in [5.41, 5.74) is -0.317. The Morgan fingerprint density at radius 2 is 1.96 bits per heavy atom. The molecule has 7 heteroatoms. The highest BCUT2D eigenvalue weighted by Crippen LogP contribution is 2.37. The van der Waals surface area contributed by atoms with Crippen LogP contribution < -0.4 is 10.2 Å². The zero-order valence-corrected chi connectivity index (χ0v) is 13.7. The van der Waals surface area contributed by atoms with Crippen molar-refractivity contribution in [2.45, 2.75) is 20.0 Å². The molecule has 0 aliphatic carbocycles. The topological polar surface area (TPSA) is 49.4 Å². The molecule has 1 aliphatic heterocycles. The number of hydrogen-bond acceptors (Lipinski definition) is 2. The van der Waals surface area contributed by atoms with Gasteiger partial charge in [0.15, 0.2) is 0 Å². The molecular formula is C18H17F3N2O2. The standard InChI is InChI=1S/C18H17F3N2O2/c1-3-4-5-6-7-12(2)17(25)23-11-16(24)22-14-10-13(18(19,20)21)8-9-15(14)23/h3-10H,11H2,1-2H3,(H,22,24)/b4-3-,6-5-,12-7+. The molecule has 1 N–H and O–H groups in total. The van der Waals surface area contributed by atoms with Gasteiger partial charge in [0.05, 0.1) is 16.9 Å². The largest absolute Gasteiger partial charge is 0.416 e. The molecule has 0 atom stereocenters. The van der Waals surface area contributed by atoms with Gasteiger partial charge in [0.1, 0.15) is 6.54 Å². The average Bonchev–Trinajstić information content (AvgIpc) is 2.55. The first kappa shape index (κ1) is 18.5. The normalized spacial score (nSPS) is 15.6.